The van der Waals surface area contributed by atoms with Crippen molar-refractivity contribution in [1.29, 1.82) is 0 Å². The molecule has 3 heteroatoms. The Kier molecular flexibility index (Phi) is 3.36. The van der Waals surface area contributed by atoms with Gasteiger partial charge < -0.3 is 11.1 Å². The first-order valence-electron chi connectivity index (χ1n) is 6.45. The molecule has 20 heavy (non-hydrogen) atoms. The summed E-state index contributed by atoms with van der Waals surface area (Å²) in [5, 5.41) is 5.79. The van der Waals surface area contributed by atoms with Crippen molar-refractivity contribution in [2.75, 3.05) is 11.1 Å². The summed E-state index contributed by atoms with van der Waals surface area (Å²) in [7, 11) is 0. The van der Waals surface area contributed by atoms with Crippen LogP contribution in [0.25, 0.3) is 10.8 Å². The molecule has 2 nitrogen and oxygen atoms in total. The molecule has 3 rings (SSSR count). The van der Waals surface area contributed by atoms with Crippen LogP contribution in [0.1, 0.15) is 5.56 Å². The smallest absolute Gasteiger partial charge is 0.0620 e. The van der Waals surface area contributed by atoms with Gasteiger partial charge in [0.15, 0.2) is 0 Å². The van der Waals surface area contributed by atoms with Crippen LogP contribution in [-0.4, -0.2) is 0 Å². The van der Waals surface area contributed by atoms with E-state index in [4.69, 9.17) is 5.73 Å². The van der Waals surface area contributed by atoms with Gasteiger partial charge in [0.05, 0.1) is 11.4 Å². The van der Waals surface area contributed by atoms with Crippen LogP contribution in [-0.2, 0) is 0 Å². The summed E-state index contributed by atoms with van der Waals surface area (Å²) in [5.41, 5.74) is 9.97. The Bertz CT molecular complexity index is 781. The summed E-state index contributed by atoms with van der Waals surface area (Å²) < 4.78 is 1.09. The van der Waals surface area contributed by atoms with Gasteiger partial charge in [-0.25, -0.2) is 0 Å². The molecule has 0 atom stereocenters. The van der Waals surface area contributed by atoms with Crippen molar-refractivity contribution < 1.29 is 0 Å². The number of hydrogen-bond acceptors (Lipinski definition) is 2. The maximum absolute atomic E-state index is 6.04. The fourth-order valence-corrected chi connectivity index (χ4v) is 2.77. The molecule has 0 bridgehead atoms. The predicted octanol–water partition coefficient (Wildman–Crippen LogP) is 5.24. The van der Waals surface area contributed by atoms with E-state index in [9.17, 15) is 0 Å². The van der Waals surface area contributed by atoms with Gasteiger partial charge in [-0.05, 0) is 42.1 Å². The summed E-state index contributed by atoms with van der Waals surface area (Å²) in [6, 6.07) is 18.4. The lowest BCUT2D eigenvalue weighted by molar-refractivity contribution is 1.45. The summed E-state index contributed by atoms with van der Waals surface area (Å²) in [6.07, 6.45) is 0. The lowest BCUT2D eigenvalue weighted by Crippen LogP contribution is -1.97. The Labute approximate surface area is 126 Å². The molecule has 0 amide bonds. The van der Waals surface area contributed by atoms with E-state index in [0.29, 0.717) is 0 Å². The molecule has 0 aliphatic rings. The van der Waals surface area contributed by atoms with Crippen LogP contribution >= 0.6 is 15.9 Å². The summed E-state index contributed by atoms with van der Waals surface area (Å²) >= 11 is 3.59. The average molecular weight is 327 g/mol. The summed E-state index contributed by atoms with van der Waals surface area (Å²) in [5.74, 6) is 0. The van der Waals surface area contributed by atoms with Crippen LogP contribution in [0.4, 0.5) is 17.1 Å². The van der Waals surface area contributed by atoms with Crippen molar-refractivity contribution in [2.24, 2.45) is 0 Å². The molecule has 3 aromatic rings. The molecule has 0 unspecified atom stereocenters. The van der Waals surface area contributed by atoms with E-state index in [-0.39, 0.29) is 0 Å². The first-order valence-corrected chi connectivity index (χ1v) is 7.25. The Morgan fingerprint density at radius 1 is 0.900 bits per heavy atom. The molecule has 0 aliphatic carbocycles. The quantitative estimate of drug-likeness (QED) is 0.632. The molecule has 0 heterocycles. The highest BCUT2D eigenvalue weighted by atomic mass is 79.9. The molecule has 0 aromatic heterocycles. The number of nitrogen functional groups attached to an aromatic ring is 1. The first-order chi connectivity index (χ1) is 9.65. The maximum Gasteiger partial charge on any atom is 0.0620 e. The highest BCUT2D eigenvalue weighted by Crippen LogP contribution is 2.33. The largest absolute Gasteiger partial charge is 0.397 e. The van der Waals surface area contributed by atoms with E-state index in [1.54, 1.807) is 0 Å². The number of nitrogens with two attached hydrogens (primary N) is 1. The van der Waals surface area contributed by atoms with Gasteiger partial charge in [0.2, 0.25) is 0 Å². The molecule has 0 radical (unpaired) electrons. The molecular weight excluding hydrogens is 312 g/mol. The van der Waals surface area contributed by atoms with Crippen molar-refractivity contribution in [2.45, 2.75) is 6.92 Å². The van der Waals surface area contributed by atoms with Crippen LogP contribution in [0.5, 0.6) is 0 Å². The maximum atomic E-state index is 6.04. The third-order valence-electron chi connectivity index (χ3n) is 3.35. The molecule has 0 saturated carbocycles. The number of aryl methyl sites for hydroxylation is 1. The second kappa shape index (κ2) is 5.17. The predicted molar refractivity (Wildman–Crippen MR) is 90.5 cm³/mol. The van der Waals surface area contributed by atoms with Gasteiger partial charge in [-0.15, -0.1) is 0 Å². The number of benzene rings is 3. The van der Waals surface area contributed by atoms with Gasteiger partial charge in [-0.2, -0.15) is 0 Å². The van der Waals surface area contributed by atoms with Gasteiger partial charge in [0, 0.05) is 15.5 Å². The second-order valence-corrected chi connectivity index (χ2v) is 5.71. The first kappa shape index (κ1) is 13.0. The molecule has 0 spiro atoms. The number of hydrogen-bond donors (Lipinski definition) is 2. The highest BCUT2D eigenvalue weighted by molar-refractivity contribution is 9.10. The van der Waals surface area contributed by atoms with Gasteiger partial charge in [0.25, 0.3) is 0 Å². The Hall–Kier alpha value is -2.00. The van der Waals surface area contributed by atoms with Crippen LogP contribution in [0, 0.1) is 6.92 Å². The standard InChI is InChI=1S/C17H15BrN2/c1-11-6-8-15(19)17(10-11)20-16-9-7-14(18)12-4-2-3-5-13(12)16/h2-10,20H,19H2,1H3. The number of halogens is 1. The van der Waals surface area contributed by atoms with E-state index >= 15 is 0 Å². The summed E-state index contributed by atoms with van der Waals surface area (Å²) in [4.78, 5) is 0. The lowest BCUT2D eigenvalue weighted by atomic mass is 10.1. The molecule has 0 aliphatic heterocycles. The van der Waals surface area contributed by atoms with E-state index in [0.717, 1.165) is 21.5 Å². The van der Waals surface area contributed by atoms with Crippen LogP contribution in [0.15, 0.2) is 59.1 Å². The average Bonchev–Trinajstić information content (AvgIpc) is 2.46. The Balaban J connectivity index is 2.11. The van der Waals surface area contributed by atoms with Crippen molar-refractivity contribution in [1.82, 2.24) is 0 Å². The zero-order valence-electron chi connectivity index (χ0n) is 11.2. The number of rotatable bonds is 2. The summed E-state index contributed by atoms with van der Waals surface area (Å²) in [6.45, 7) is 2.06. The molecule has 0 fully saturated rings. The minimum absolute atomic E-state index is 0.752. The Morgan fingerprint density at radius 3 is 2.45 bits per heavy atom. The number of anilines is 3. The van der Waals surface area contributed by atoms with E-state index in [1.165, 1.54) is 16.3 Å². The molecular formula is C17H15BrN2. The third-order valence-corrected chi connectivity index (χ3v) is 4.04. The molecule has 0 saturated heterocycles. The van der Waals surface area contributed by atoms with Gasteiger partial charge >= 0.3 is 0 Å². The lowest BCUT2D eigenvalue weighted by Gasteiger charge is -2.13. The van der Waals surface area contributed by atoms with Crippen LogP contribution in [0.3, 0.4) is 0 Å². The van der Waals surface area contributed by atoms with Crippen molar-refractivity contribution in [3.05, 3.63) is 64.6 Å². The van der Waals surface area contributed by atoms with E-state index < -0.39 is 0 Å². The van der Waals surface area contributed by atoms with E-state index in [1.807, 2.05) is 24.3 Å². The van der Waals surface area contributed by atoms with Crippen molar-refractivity contribution >= 4 is 43.8 Å². The third kappa shape index (κ3) is 2.37. The highest BCUT2D eigenvalue weighted by Gasteiger charge is 2.06. The van der Waals surface area contributed by atoms with Gasteiger partial charge in [0.1, 0.15) is 0 Å². The van der Waals surface area contributed by atoms with Crippen molar-refractivity contribution in [3.8, 4) is 0 Å². The SMILES string of the molecule is Cc1ccc(N)c(Nc2ccc(Br)c3ccccc23)c1. The second-order valence-electron chi connectivity index (χ2n) is 4.86. The van der Waals surface area contributed by atoms with Gasteiger partial charge in [-0.1, -0.05) is 46.3 Å². The molecule has 100 valence electrons. The molecule has 3 N–H and O–H groups in total. The Morgan fingerprint density at radius 2 is 1.65 bits per heavy atom. The minimum Gasteiger partial charge on any atom is -0.397 e. The fraction of sp³-hybridized carbons (Fsp3) is 0.0588. The van der Waals surface area contributed by atoms with Crippen LogP contribution in [0.2, 0.25) is 0 Å². The van der Waals surface area contributed by atoms with Crippen molar-refractivity contribution in [3.63, 3.8) is 0 Å². The minimum atomic E-state index is 0.752. The zero-order chi connectivity index (χ0) is 14.1. The topological polar surface area (TPSA) is 38.0 Å². The van der Waals surface area contributed by atoms with E-state index in [2.05, 4.69) is 58.5 Å². The normalized spacial score (nSPS) is 10.7. The fourth-order valence-electron chi connectivity index (χ4n) is 2.29. The number of fused-ring (bicyclic) bond motifs is 1. The number of nitrogens with one attached hydrogen (secondary N) is 1. The molecule has 3 aromatic carbocycles. The van der Waals surface area contributed by atoms with Gasteiger partial charge in [-0.3, -0.25) is 0 Å². The monoisotopic (exact) mass is 326 g/mol. The van der Waals surface area contributed by atoms with Crippen LogP contribution < -0.4 is 11.1 Å². The zero-order valence-corrected chi connectivity index (χ0v) is 12.7.